The highest BCUT2D eigenvalue weighted by Gasteiger charge is 2.12. The van der Waals surface area contributed by atoms with E-state index in [1.54, 1.807) is 0 Å². The van der Waals surface area contributed by atoms with Gasteiger partial charge in [-0.2, -0.15) is 0 Å². The van der Waals surface area contributed by atoms with Gasteiger partial charge in [-0.1, -0.05) is 17.7 Å². The summed E-state index contributed by atoms with van der Waals surface area (Å²) >= 11 is 6.04. The molecule has 112 valence electrons. The largest absolute Gasteiger partial charge is 0.489 e. The summed E-state index contributed by atoms with van der Waals surface area (Å²) in [6.45, 7) is 7.83. The molecule has 0 heterocycles. The Morgan fingerprint density at radius 2 is 1.62 bits per heavy atom. The van der Waals surface area contributed by atoms with Gasteiger partial charge in [0.05, 0.1) is 6.10 Å². The first-order valence-electron chi connectivity index (χ1n) is 6.88. The van der Waals surface area contributed by atoms with Crippen molar-refractivity contribution in [1.29, 1.82) is 0 Å². The second-order valence-corrected chi connectivity index (χ2v) is 5.74. The summed E-state index contributed by atoms with van der Waals surface area (Å²) in [5, 5.41) is 0.696. The molecule has 0 saturated carbocycles. The smallest absolute Gasteiger partial charge is 0.154 e. The number of anilines is 1. The predicted molar refractivity (Wildman–Crippen MR) is 87.6 cm³/mol. The monoisotopic (exact) mass is 305 g/mol. The quantitative estimate of drug-likeness (QED) is 0.797. The van der Waals surface area contributed by atoms with Crippen molar-refractivity contribution >= 4 is 17.3 Å². The number of benzene rings is 2. The Balaban J connectivity index is 2.36. The summed E-state index contributed by atoms with van der Waals surface area (Å²) in [5.41, 5.74) is 8.57. The van der Waals surface area contributed by atoms with Gasteiger partial charge >= 0.3 is 0 Å². The minimum atomic E-state index is 0.0570. The number of aryl methyl sites for hydroxylation is 2. The lowest BCUT2D eigenvalue weighted by Gasteiger charge is -2.17. The molecule has 21 heavy (non-hydrogen) atoms. The molecule has 2 aromatic carbocycles. The van der Waals surface area contributed by atoms with E-state index in [0.29, 0.717) is 22.2 Å². The Kier molecular flexibility index (Phi) is 4.63. The molecule has 0 fully saturated rings. The summed E-state index contributed by atoms with van der Waals surface area (Å²) < 4.78 is 11.7. The number of hydrogen-bond acceptors (Lipinski definition) is 3. The van der Waals surface area contributed by atoms with Crippen molar-refractivity contribution in [2.24, 2.45) is 0 Å². The van der Waals surface area contributed by atoms with E-state index in [9.17, 15) is 0 Å². The lowest BCUT2D eigenvalue weighted by molar-refractivity contribution is 0.243. The highest BCUT2D eigenvalue weighted by Crippen LogP contribution is 2.38. The van der Waals surface area contributed by atoms with Crippen molar-refractivity contribution in [2.45, 2.75) is 33.8 Å². The molecule has 3 nitrogen and oxygen atoms in total. The van der Waals surface area contributed by atoms with E-state index in [1.807, 2.05) is 58.0 Å². The molecule has 2 N–H and O–H groups in total. The molecule has 2 rings (SSSR count). The summed E-state index contributed by atoms with van der Waals surface area (Å²) in [4.78, 5) is 0. The van der Waals surface area contributed by atoms with Crippen molar-refractivity contribution in [1.82, 2.24) is 0 Å². The zero-order chi connectivity index (χ0) is 15.6. The molecule has 0 saturated heterocycles. The standard InChI is InChI=1S/C17H20ClNO2/c1-10(2)20-14-6-5-7-15(16(14)19)21-17-11(3)8-13(18)9-12(17)4/h5-10H,19H2,1-4H3. The van der Waals surface area contributed by atoms with Crippen LogP contribution in [0.25, 0.3) is 0 Å². The Labute approximate surface area is 130 Å². The molecular formula is C17H20ClNO2. The third kappa shape index (κ3) is 3.61. The second kappa shape index (κ2) is 6.27. The molecule has 0 aromatic heterocycles. The second-order valence-electron chi connectivity index (χ2n) is 5.31. The van der Waals surface area contributed by atoms with Gasteiger partial charge in [0.15, 0.2) is 5.75 Å². The Morgan fingerprint density at radius 1 is 1.05 bits per heavy atom. The molecule has 0 spiro atoms. The number of hydrogen-bond donors (Lipinski definition) is 1. The van der Waals surface area contributed by atoms with Gasteiger partial charge in [0.1, 0.15) is 17.2 Å². The third-order valence-electron chi connectivity index (χ3n) is 3.03. The van der Waals surface area contributed by atoms with Crippen LogP contribution in [0.1, 0.15) is 25.0 Å². The van der Waals surface area contributed by atoms with Crippen molar-refractivity contribution < 1.29 is 9.47 Å². The van der Waals surface area contributed by atoms with Crippen LogP contribution in [0, 0.1) is 13.8 Å². The van der Waals surface area contributed by atoms with Crippen LogP contribution in [0.15, 0.2) is 30.3 Å². The normalized spacial score (nSPS) is 10.8. The first kappa shape index (κ1) is 15.5. The summed E-state index contributed by atoms with van der Waals surface area (Å²) in [7, 11) is 0. The first-order valence-corrected chi connectivity index (χ1v) is 7.26. The maximum atomic E-state index is 6.13. The van der Waals surface area contributed by atoms with E-state index in [2.05, 4.69) is 0 Å². The van der Waals surface area contributed by atoms with Crippen LogP contribution in [0.3, 0.4) is 0 Å². The molecule has 0 aliphatic carbocycles. The third-order valence-corrected chi connectivity index (χ3v) is 3.24. The minimum absolute atomic E-state index is 0.0570. The molecule has 2 aromatic rings. The first-order chi connectivity index (χ1) is 9.88. The van der Waals surface area contributed by atoms with Crippen molar-refractivity contribution in [3.8, 4) is 17.2 Å². The van der Waals surface area contributed by atoms with E-state index < -0.39 is 0 Å². The van der Waals surface area contributed by atoms with Gasteiger partial charge in [0, 0.05) is 5.02 Å². The van der Waals surface area contributed by atoms with Gasteiger partial charge in [-0.25, -0.2) is 0 Å². The Morgan fingerprint density at radius 3 is 2.19 bits per heavy atom. The van der Waals surface area contributed by atoms with E-state index >= 15 is 0 Å². The SMILES string of the molecule is Cc1cc(Cl)cc(C)c1Oc1cccc(OC(C)C)c1N. The number of halogens is 1. The average Bonchev–Trinajstić information content (AvgIpc) is 2.37. The molecule has 0 radical (unpaired) electrons. The van der Waals surface area contributed by atoms with E-state index in [4.69, 9.17) is 26.8 Å². The Hall–Kier alpha value is -1.87. The molecule has 4 heteroatoms. The molecule has 0 aliphatic rings. The van der Waals surface area contributed by atoms with Crippen LogP contribution in [-0.2, 0) is 0 Å². The average molecular weight is 306 g/mol. The maximum absolute atomic E-state index is 6.13. The molecule has 0 bridgehead atoms. The topological polar surface area (TPSA) is 44.5 Å². The molecular weight excluding hydrogens is 286 g/mol. The number of ether oxygens (including phenoxy) is 2. The highest BCUT2D eigenvalue weighted by atomic mass is 35.5. The number of rotatable bonds is 4. The van der Waals surface area contributed by atoms with Crippen LogP contribution >= 0.6 is 11.6 Å². The fourth-order valence-electron chi connectivity index (χ4n) is 2.14. The molecule has 0 atom stereocenters. The fourth-order valence-corrected chi connectivity index (χ4v) is 2.47. The summed E-state index contributed by atoms with van der Waals surface area (Å²) in [6.07, 6.45) is 0.0570. The highest BCUT2D eigenvalue weighted by molar-refractivity contribution is 6.30. The minimum Gasteiger partial charge on any atom is -0.489 e. The maximum Gasteiger partial charge on any atom is 0.154 e. The molecule has 0 amide bonds. The van der Waals surface area contributed by atoms with Crippen molar-refractivity contribution in [2.75, 3.05) is 5.73 Å². The van der Waals surface area contributed by atoms with Crippen molar-refractivity contribution in [3.63, 3.8) is 0 Å². The van der Waals surface area contributed by atoms with E-state index in [-0.39, 0.29) is 6.10 Å². The lowest BCUT2D eigenvalue weighted by Crippen LogP contribution is -2.08. The molecule has 0 unspecified atom stereocenters. The van der Waals surface area contributed by atoms with Gasteiger partial charge in [-0.3, -0.25) is 0 Å². The van der Waals surface area contributed by atoms with Gasteiger partial charge in [0.25, 0.3) is 0 Å². The fraction of sp³-hybridized carbons (Fsp3) is 0.294. The van der Waals surface area contributed by atoms with Crippen LogP contribution in [0.5, 0.6) is 17.2 Å². The van der Waals surface area contributed by atoms with Gasteiger partial charge in [-0.15, -0.1) is 0 Å². The van der Waals surface area contributed by atoms with Gasteiger partial charge < -0.3 is 15.2 Å². The number of nitrogens with two attached hydrogens (primary N) is 1. The number of para-hydroxylation sites is 1. The lowest BCUT2D eigenvalue weighted by atomic mass is 10.1. The van der Waals surface area contributed by atoms with Crippen molar-refractivity contribution in [3.05, 3.63) is 46.5 Å². The zero-order valence-corrected chi connectivity index (χ0v) is 13.5. The van der Waals surface area contributed by atoms with Crippen LogP contribution in [0.2, 0.25) is 5.02 Å². The number of nitrogen functional groups attached to an aromatic ring is 1. The zero-order valence-electron chi connectivity index (χ0n) is 12.7. The summed E-state index contributed by atoms with van der Waals surface area (Å²) in [6, 6.07) is 9.27. The van der Waals surface area contributed by atoms with Crippen LogP contribution in [-0.4, -0.2) is 6.10 Å². The van der Waals surface area contributed by atoms with Gasteiger partial charge in [0.2, 0.25) is 0 Å². The van der Waals surface area contributed by atoms with Crippen LogP contribution < -0.4 is 15.2 Å². The molecule has 0 aliphatic heterocycles. The van der Waals surface area contributed by atoms with E-state index in [1.165, 1.54) is 0 Å². The van der Waals surface area contributed by atoms with Gasteiger partial charge in [-0.05, 0) is 63.1 Å². The Bertz CT molecular complexity index is 630. The van der Waals surface area contributed by atoms with E-state index in [0.717, 1.165) is 16.9 Å². The summed E-state index contributed by atoms with van der Waals surface area (Å²) in [5.74, 6) is 1.99. The predicted octanol–water partition coefficient (Wildman–Crippen LogP) is 5.12. The van der Waals surface area contributed by atoms with Crippen LogP contribution in [0.4, 0.5) is 5.69 Å².